The smallest absolute Gasteiger partial charge is 0.326 e. The Bertz CT molecular complexity index is 436. The van der Waals surface area contributed by atoms with Gasteiger partial charge in [-0.2, -0.15) is 0 Å². The number of likely N-dealkylation sites (N-methyl/N-ethyl adjacent to an activating group) is 1. The second kappa shape index (κ2) is 6.75. The van der Waals surface area contributed by atoms with Gasteiger partial charge in [0.25, 0.3) is 0 Å². The predicted molar refractivity (Wildman–Crippen MR) is 73.7 cm³/mol. The van der Waals surface area contributed by atoms with E-state index in [1.807, 2.05) is 12.1 Å². The number of nitrogens with zero attached hydrogens (tertiary/aromatic N) is 1. The van der Waals surface area contributed by atoms with Gasteiger partial charge in [-0.25, -0.2) is 9.59 Å². The average Bonchev–Trinajstić information content (AvgIpc) is 2.72. The summed E-state index contributed by atoms with van der Waals surface area (Å²) in [6, 6.07) is 2.64. The molecule has 0 aromatic carbocycles. The van der Waals surface area contributed by atoms with Gasteiger partial charge in [-0.15, -0.1) is 11.3 Å². The second-order valence-corrected chi connectivity index (χ2v) is 6.29. The summed E-state index contributed by atoms with van der Waals surface area (Å²) >= 11 is 4.87. The zero-order valence-corrected chi connectivity index (χ0v) is 12.5. The first-order valence-electron chi connectivity index (χ1n) is 5.43. The van der Waals surface area contributed by atoms with E-state index in [4.69, 9.17) is 5.11 Å². The lowest BCUT2D eigenvalue weighted by atomic mass is 10.2. The minimum absolute atomic E-state index is 0.379. The van der Waals surface area contributed by atoms with Crippen LogP contribution in [0.5, 0.6) is 0 Å². The fourth-order valence-corrected chi connectivity index (χ4v) is 2.91. The molecule has 0 saturated carbocycles. The van der Waals surface area contributed by atoms with E-state index < -0.39 is 12.0 Å². The number of carboxylic acid groups (broad SMARTS) is 1. The minimum Gasteiger partial charge on any atom is -0.480 e. The molecule has 0 aliphatic carbocycles. The van der Waals surface area contributed by atoms with Crippen molar-refractivity contribution in [2.24, 2.45) is 0 Å². The van der Waals surface area contributed by atoms with Gasteiger partial charge < -0.3 is 15.3 Å². The highest BCUT2D eigenvalue weighted by atomic mass is 79.9. The molecular weight excluding hydrogens is 320 g/mol. The number of carbonyl (C=O) groups excluding carboxylic acids is 1. The fraction of sp³-hybridized carbons (Fsp3) is 0.455. The SMILES string of the molecule is CCC(C(=O)O)N(C)C(=O)NCc1ccc(Br)s1. The Morgan fingerprint density at radius 2 is 2.22 bits per heavy atom. The second-order valence-electron chi connectivity index (χ2n) is 3.74. The third-order valence-electron chi connectivity index (χ3n) is 2.50. The lowest BCUT2D eigenvalue weighted by molar-refractivity contribution is -0.141. The Hall–Kier alpha value is -1.08. The summed E-state index contributed by atoms with van der Waals surface area (Å²) in [5, 5.41) is 11.7. The minimum atomic E-state index is -0.992. The van der Waals surface area contributed by atoms with E-state index in [1.54, 1.807) is 6.92 Å². The molecule has 0 fully saturated rings. The average molecular weight is 335 g/mol. The van der Waals surface area contributed by atoms with Gasteiger partial charge in [0, 0.05) is 11.9 Å². The number of hydrogen-bond donors (Lipinski definition) is 2. The maximum atomic E-state index is 11.8. The maximum absolute atomic E-state index is 11.8. The number of nitrogens with one attached hydrogen (secondary N) is 1. The zero-order valence-electron chi connectivity index (χ0n) is 10.1. The Balaban J connectivity index is 2.52. The van der Waals surface area contributed by atoms with E-state index in [0.717, 1.165) is 8.66 Å². The van der Waals surface area contributed by atoms with E-state index in [-0.39, 0.29) is 6.03 Å². The fourth-order valence-electron chi connectivity index (χ4n) is 1.49. The molecule has 1 aromatic heterocycles. The molecule has 0 radical (unpaired) electrons. The summed E-state index contributed by atoms with van der Waals surface area (Å²) in [5.74, 6) is -0.992. The highest BCUT2D eigenvalue weighted by Crippen LogP contribution is 2.21. The highest BCUT2D eigenvalue weighted by Gasteiger charge is 2.24. The van der Waals surface area contributed by atoms with Crippen molar-refractivity contribution in [1.82, 2.24) is 10.2 Å². The molecule has 7 heteroatoms. The summed E-state index contributed by atoms with van der Waals surface area (Å²) in [5.41, 5.74) is 0. The number of carbonyl (C=O) groups is 2. The number of amides is 2. The normalized spacial score (nSPS) is 11.9. The molecule has 0 bridgehead atoms. The Morgan fingerprint density at radius 3 is 2.67 bits per heavy atom. The third-order valence-corrected chi connectivity index (χ3v) is 4.13. The first-order valence-corrected chi connectivity index (χ1v) is 7.04. The maximum Gasteiger partial charge on any atom is 0.326 e. The lowest BCUT2D eigenvalue weighted by Crippen LogP contribution is -2.46. The molecule has 0 aliphatic heterocycles. The third kappa shape index (κ3) is 3.99. The molecular formula is C11H15BrN2O3S. The molecule has 1 rings (SSSR count). The van der Waals surface area contributed by atoms with Crippen molar-refractivity contribution in [2.75, 3.05) is 7.05 Å². The molecule has 2 amide bonds. The zero-order chi connectivity index (χ0) is 13.7. The van der Waals surface area contributed by atoms with Gasteiger partial charge in [0.15, 0.2) is 0 Å². The number of rotatable bonds is 5. The van der Waals surface area contributed by atoms with Crippen LogP contribution in [0.3, 0.4) is 0 Å². The molecule has 5 nitrogen and oxygen atoms in total. The van der Waals surface area contributed by atoms with Crippen molar-refractivity contribution in [3.63, 3.8) is 0 Å². The van der Waals surface area contributed by atoms with Crippen molar-refractivity contribution in [2.45, 2.75) is 25.9 Å². The number of thiophene rings is 1. The lowest BCUT2D eigenvalue weighted by Gasteiger charge is -2.23. The van der Waals surface area contributed by atoms with Crippen LogP contribution >= 0.6 is 27.3 Å². The van der Waals surface area contributed by atoms with Crippen molar-refractivity contribution in [3.8, 4) is 0 Å². The van der Waals surface area contributed by atoms with Crippen LogP contribution < -0.4 is 5.32 Å². The number of hydrogen-bond acceptors (Lipinski definition) is 3. The molecule has 1 heterocycles. The summed E-state index contributed by atoms with van der Waals surface area (Å²) in [6.07, 6.45) is 0.379. The van der Waals surface area contributed by atoms with E-state index in [2.05, 4.69) is 21.2 Å². The van der Waals surface area contributed by atoms with Crippen LogP contribution in [0.2, 0.25) is 0 Å². The van der Waals surface area contributed by atoms with Crippen LogP contribution in [0.4, 0.5) is 4.79 Å². The number of urea groups is 1. The Labute approximate surface area is 118 Å². The Morgan fingerprint density at radius 1 is 1.56 bits per heavy atom. The quantitative estimate of drug-likeness (QED) is 0.869. The number of aliphatic carboxylic acids is 1. The van der Waals surface area contributed by atoms with Gasteiger partial charge in [-0.1, -0.05) is 6.92 Å². The molecule has 100 valence electrons. The number of halogens is 1. The van der Waals surface area contributed by atoms with E-state index in [9.17, 15) is 9.59 Å². The van der Waals surface area contributed by atoms with Crippen molar-refractivity contribution >= 4 is 39.3 Å². The first-order chi connectivity index (χ1) is 8.45. The summed E-state index contributed by atoms with van der Waals surface area (Å²) in [4.78, 5) is 24.9. The van der Waals surface area contributed by atoms with Gasteiger partial charge in [-0.3, -0.25) is 0 Å². The van der Waals surface area contributed by atoms with Crippen molar-refractivity contribution < 1.29 is 14.7 Å². The molecule has 1 atom stereocenters. The van der Waals surface area contributed by atoms with Gasteiger partial charge in [0.1, 0.15) is 6.04 Å². The van der Waals surface area contributed by atoms with Crippen LogP contribution in [0.25, 0.3) is 0 Å². The monoisotopic (exact) mass is 334 g/mol. The standard InChI is InChI=1S/C11H15BrN2O3S/c1-3-8(10(15)16)14(2)11(17)13-6-7-4-5-9(12)18-7/h4-5,8H,3,6H2,1-2H3,(H,13,17)(H,15,16). The van der Waals surface area contributed by atoms with Crippen molar-refractivity contribution in [3.05, 3.63) is 20.8 Å². The topological polar surface area (TPSA) is 69.6 Å². The van der Waals surface area contributed by atoms with Gasteiger partial charge in [-0.05, 0) is 34.5 Å². The van der Waals surface area contributed by atoms with E-state index in [1.165, 1.54) is 23.3 Å². The van der Waals surface area contributed by atoms with Gasteiger partial charge in [0.05, 0.1) is 10.3 Å². The first kappa shape index (κ1) is 15.0. The van der Waals surface area contributed by atoms with Crippen LogP contribution in [-0.2, 0) is 11.3 Å². The van der Waals surface area contributed by atoms with Gasteiger partial charge in [0.2, 0.25) is 0 Å². The van der Waals surface area contributed by atoms with Crippen LogP contribution in [-0.4, -0.2) is 35.1 Å². The highest BCUT2D eigenvalue weighted by molar-refractivity contribution is 9.11. The largest absolute Gasteiger partial charge is 0.480 e. The molecule has 1 aromatic rings. The molecule has 2 N–H and O–H groups in total. The van der Waals surface area contributed by atoms with Gasteiger partial charge >= 0.3 is 12.0 Å². The summed E-state index contributed by atoms with van der Waals surface area (Å²) < 4.78 is 0.997. The molecule has 1 unspecified atom stereocenters. The molecule has 18 heavy (non-hydrogen) atoms. The summed E-state index contributed by atoms with van der Waals surface area (Å²) in [6.45, 7) is 2.13. The van der Waals surface area contributed by atoms with Crippen molar-refractivity contribution in [1.29, 1.82) is 0 Å². The summed E-state index contributed by atoms with van der Waals surface area (Å²) in [7, 11) is 1.49. The van der Waals surface area contributed by atoms with Crippen LogP contribution in [0, 0.1) is 0 Å². The van der Waals surface area contributed by atoms with E-state index in [0.29, 0.717) is 13.0 Å². The van der Waals surface area contributed by atoms with Crippen LogP contribution in [0.15, 0.2) is 15.9 Å². The molecule has 0 spiro atoms. The predicted octanol–water partition coefficient (Wildman–Crippen LogP) is 2.52. The molecule has 0 saturated heterocycles. The van der Waals surface area contributed by atoms with Crippen LogP contribution in [0.1, 0.15) is 18.2 Å². The molecule has 0 aliphatic rings. The Kier molecular flexibility index (Phi) is 5.61. The van der Waals surface area contributed by atoms with E-state index >= 15 is 0 Å². The number of carboxylic acids is 1.